The molecule has 0 aliphatic heterocycles. The maximum atomic E-state index is 10.8. The van der Waals surface area contributed by atoms with Crippen LogP contribution in [0.3, 0.4) is 0 Å². The summed E-state index contributed by atoms with van der Waals surface area (Å²) in [5, 5.41) is 23.2. The number of benzene rings is 1. The van der Waals surface area contributed by atoms with Gasteiger partial charge in [-0.1, -0.05) is 20.8 Å². The van der Waals surface area contributed by atoms with Crippen molar-refractivity contribution in [2.75, 3.05) is 5.32 Å². The first-order chi connectivity index (χ1) is 9.01. The Labute approximate surface area is 113 Å². The van der Waals surface area contributed by atoms with Crippen LogP contribution in [-0.4, -0.2) is 10.5 Å². The van der Waals surface area contributed by atoms with Gasteiger partial charge in [0, 0.05) is 17.3 Å². The minimum Gasteiger partial charge on any atom is -0.380 e. The van der Waals surface area contributed by atoms with Crippen molar-refractivity contribution in [2.45, 2.75) is 45.6 Å². The molecule has 0 radical (unpaired) electrons. The molecule has 0 bridgehead atoms. The van der Waals surface area contributed by atoms with E-state index >= 15 is 0 Å². The third-order valence-electron chi connectivity index (χ3n) is 3.75. The molecule has 1 aromatic rings. The molecule has 0 fully saturated rings. The molecule has 0 amide bonds. The fourth-order valence-electron chi connectivity index (χ4n) is 2.18. The topological polar surface area (TPSA) is 79.0 Å². The summed E-state index contributed by atoms with van der Waals surface area (Å²) in [6.07, 6.45) is 2.87. The molecular weight excluding hydrogens is 242 g/mol. The van der Waals surface area contributed by atoms with Gasteiger partial charge in [-0.25, -0.2) is 0 Å². The number of anilines is 1. The lowest BCUT2D eigenvalue weighted by molar-refractivity contribution is -0.385. The van der Waals surface area contributed by atoms with Crippen LogP contribution in [0.1, 0.15) is 45.6 Å². The number of nitrogens with one attached hydrogen (secondary N) is 1. The van der Waals surface area contributed by atoms with E-state index in [2.05, 4.69) is 26.1 Å². The van der Waals surface area contributed by atoms with Gasteiger partial charge in [-0.15, -0.1) is 0 Å². The van der Waals surface area contributed by atoms with Crippen molar-refractivity contribution >= 4 is 11.4 Å². The summed E-state index contributed by atoms with van der Waals surface area (Å²) in [7, 11) is 0. The van der Waals surface area contributed by atoms with Crippen LogP contribution in [0.15, 0.2) is 18.2 Å². The summed E-state index contributed by atoms with van der Waals surface area (Å²) < 4.78 is 0. The normalized spacial score (nSPS) is 10.8. The average Bonchev–Trinajstić information content (AvgIpc) is 2.44. The lowest BCUT2D eigenvalue weighted by atomic mass is 9.89. The van der Waals surface area contributed by atoms with Gasteiger partial charge >= 0.3 is 0 Å². The first kappa shape index (κ1) is 15.0. The number of hydrogen-bond acceptors (Lipinski definition) is 4. The number of nitrogens with zero attached hydrogens (tertiary/aromatic N) is 2. The number of rotatable bonds is 6. The van der Waals surface area contributed by atoms with Crippen LogP contribution in [0, 0.1) is 21.4 Å². The first-order valence-corrected chi connectivity index (χ1v) is 6.48. The van der Waals surface area contributed by atoms with Crippen molar-refractivity contribution < 1.29 is 4.92 Å². The highest BCUT2D eigenvalue weighted by atomic mass is 16.6. The van der Waals surface area contributed by atoms with Gasteiger partial charge < -0.3 is 5.32 Å². The molecule has 0 saturated heterocycles. The maximum Gasteiger partial charge on any atom is 0.287 e. The second-order valence-corrected chi connectivity index (χ2v) is 4.57. The molecule has 0 saturated carbocycles. The zero-order valence-electron chi connectivity index (χ0n) is 11.6. The summed E-state index contributed by atoms with van der Waals surface area (Å²) in [6, 6.07) is 6.47. The van der Waals surface area contributed by atoms with Crippen LogP contribution in [0.5, 0.6) is 0 Å². The molecule has 0 spiro atoms. The fraction of sp³-hybridized carbons (Fsp3) is 0.500. The first-order valence-electron chi connectivity index (χ1n) is 6.48. The van der Waals surface area contributed by atoms with E-state index in [1.54, 1.807) is 12.1 Å². The summed E-state index contributed by atoms with van der Waals surface area (Å²) in [5.74, 6) is 0. The summed E-state index contributed by atoms with van der Waals surface area (Å²) in [4.78, 5) is 10.2. The van der Waals surface area contributed by atoms with Crippen molar-refractivity contribution in [3.63, 3.8) is 0 Å². The van der Waals surface area contributed by atoms with Crippen LogP contribution in [-0.2, 0) is 0 Å². The highest BCUT2D eigenvalue weighted by molar-refractivity contribution is 5.59. The van der Waals surface area contributed by atoms with Gasteiger partial charge in [0.05, 0.1) is 4.92 Å². The summed E-state index contributed by atoms with van der Waals surface area (Å²) in [6.45, 7) is 6.32. The highest BCUT2D eigenvalue weighted by Crippen LogP contribution is 2.28. The second-order valence-electron chi connectivity index (χ2n) is 4.57. The molecule has 0 aliphatic rings. The predicted octanol–water partition coefficient (Wildman–Crippen LogP) is 3.85. The second kappa shape index (κ2) is 6.19. The van der Waals surface area contributed by atoms with Gasteiger partial charge in [0.15, 0.2) is 0 Å². The smallest absolute Gasteiger partial charge is 0.287 e. The third-order valence-corrected chi connectivity index (χ3v) is 3.75. The Hall–Kier alpha value is -2.09. The molecule has 1 N–H and O–H groups in total. The number of hydrogen-bond donors (Lipinski definition) is 1. The number of nitro groups is 1. The Morgan fingerprint density at radius 1 is 1.32 bits per heavy atom. The largest absolute Gasteiger partial charge is 0.380 e. The van der Waals surface area contributed by atoms with E-state index < -0.39 is 4.92 Å². The predicted molar refractivity (Wildman–Crippen MR) is 75.0 cm³/mol. The van der Waals surface area contributed by atoms with E-state index in [0.717, 1.165) is 24.9 Å². The van der Waals surface area contributed by atoms with Crippen molar-refractivity contribution in [1.29, 1.82) is 5.26 Å². The van der Waals surface area contributed by atoms with Gasteiger partial charge in [0.2, 0.25) is 0 Å². The zero-order valence-corrected chi connectivity index (χ0v) is 11.6. The minimum atomic E-state index is -0.533. The van der Waals surface area contributed by atoms with Crippen molar-refractivity contribution in [1.82, 2.24) is 0 Å². The van der Waals surface area contributed by atoms with Crippen LogP contribution in [0.4, 0.5) is 11.4 Å². The average molecular weight is 261 g/mol. The van der Waals surface area contributed by atoms with Crippen LogP contribution in [0.2, 0.25) is 0 Å². The van der Waals surface area contributed by atoms with Crippen molar-refractivity contribution in [3.05, 3.63) is 33.9 Å². The summed E-state index contributed by atoms with van der Waals surface area (Å²) in [5.41, 5.74) is 0.672. The van der Waals surface area contributed by atoms with Crippen molar-refractivity contribution in [2.24, 2.45) is 0 Å². The lowest BCUT2D eigenvalue weighted by Gasteiger charge is -2.33. The van der Waals surface area contributed by atoms with Gasteiger partial charge in [0.1, 0.15) is 11.6 Å². The van der Waals surface area contributed by atoms with Crippen LogP contribution < -0.4 is 5.32 Å². The lowest BCUT2D eigenvalue weighted by Crippen LogP contribution is -2.36. The standard InChI is InChI=1S/C14H19N3O2/c1-4-14(5-2,6-3)16-12-7-8-13(17(18)19)11(9-12)10-15/h7-9,16H,4-6H2,1-3H3. The van der Waals surface area contributed by atoms with E-state index in [1.807, 2.05) is 6.07 Å². The number of nitro benzene ring substituents is 1. The minimum absolute atomic E-state index is 0.0249. The van der Waals surface area contributed by atoms with Crippen LogP contribution >= 0.6 is 0 Å². The Balaban J connectivity index is 3.11. The Kier molecular flexibility index (Phi) is 4.87. The van der Waals surface area contributed by atoms with Gasteiger partial charge in [-0.2, -0.15) is 5.26 Å². The number of nitriles is 1. The van der Waals surface area contributed by atoms with Gasteiger partial charge in [0.25, 0.3) is 5.69 Å². The monoisotopic (exact) mass is 261 g/mol. The van der Waals surface area contributed by atoms with E-state index in [-0.39, 0.29) is 16.8 Å². The van der Waals surface area contributed by atoms with Crippen molar-refractivity contribution in [3.8, 4) is 6.07 Å². The molecule has 5 nitrogen and oxygen atoms in total. The fourth-order valence-corrected chi connectivity index (χ4v) is 2.18. The van der Waals surface area contributed by atoms with E-state index in [4.69, 9.17) is 5.26 Å². The molecule has 0 unspecified atom stereocenters. The molecular formula is C14H19N3O2. The molecule has 5 heteroatoms. The van der Waals surface area contributed by atoms with E-state index in [0.29, 0.717) is 0 Å². The molecule has 0 aliphatic carbocycles. The zero-order chi connectivity index (χ0) is 14.5. The summed E-state index contributed by atoms with van der Waals surface area (Å²) >= 11 is 0. The van der Waals surface area contributed by atoms with E-state index in [9.17, 15) is 10.1 Å². The third kappa shape index (κ3) is 3.22. The molecule has 0 aromatic heterocycles. The molecule has 102 valence electrons. The Morgan fingerprint density at radius 2 is 1.89 bits per heavy atom. The van der Waals surface area contributed by atoms with Gasteiger partial charge in [-0.3, -0.25) is 10.1 Å². The highest BCUT2D eigenvalue weighted by Gasteiger charge is 2.24. The Bertz CT molecular complexity index is 494. The molecule has 1 rings (SSSR count). The maximum absolute atomic E-state index is 10.8. The molecule has 19 heavy (non-hydrogen) atoms. The molecule has 0 heterocycles. The van der Waals surface area contributed by atoms with E-state index in [1.165, 1.54) is 6.07 Å². The van der Waals surface area contributed by atoms with Crippen LogP contribution in [0.25, 0.3) is 0 Å². The SMILES string of the molecule is CCC(CC)(CC)Nc1ccc([N+](=O)[O-])c(C#N)c1. The quantitative estimate of drug-likeness (QED) is 0.623. The Morgan fingerprint density at radius 3 is 2.32 bits per heavy atom. The molecule has 1 aromatic carbocycles. The van der Waals surface area contributed by atoms with Gasteiger partial charge in [-0.05, 0) is 31.4 Å². The molecule has 0 atom stereocenters.